The quantitative estimate of drug-likeness (QED) is 0.540. The molecule has 0 spiro atoms. The van der Waals surface area contributed by atoms with Gasteiger partial charge in [-0.2, -0.15) is 0 Å². The lowest BCUT2D eigenvalue weighted by Gasteiger charge is -2.11. The molecule has 0 radical (unpaired) electrons. The molecule has 0 aliphatic rings. The van der Waals surface area contributed by atoms with Crippen LogP contribution >= 0.6 is 23.2 Å². The zero-order chi connectivity index (χ0) is 19.7. The molecule has 4 rings (SSSR count). The van der Waals surface area contributed by atoms with E-state index in [1.807, 2.05) is 25.1 Å². The Kier molecular flexibility index (Phi) is 4.97. The van der Waals surface area contributed by atoms with Crippen LogP contribution in [0.4, 0.5) is 0 Å². The Bertz CT molecular complexity index is 1130. The highest BCUT2D eigenvalue weighted by atomic mass is 35.5. The van der Waals surface area contributed by atoms with Crippen molar-refractivity contribution in [2.45, 2.75) is 13.5 Å². The summed E-state index contributed by atoms with van der Waals surface area (Å²) in [6.45, 7) is 2.82. The van der Waals surface area contributed by atoms with Crippen LogP contribution in [0.1, 0.15) is 15.9 Å². The van der Waals surface area contributed by atoms with E-state index in [0.717, 1.165) is 16.6 Å². The molecule has 4 aromatic rings. The number of nitrogens with zero attached hydrogens (tertiary/aromatic N) is 6. The molecule has 2 aromatic heterocycles. The number of hydrogen-bond donors (Lipinski definition) is 1. The third-order valence-electron chi connectivity index (χ3n) is 4.25. The zero-order valence-electron chi connectivity index (χ0n) is 14.8. The van der Waals surface area contributed by atoms with Gasteiger partial charge in [0.15, 0.2) is 0 Å². The zero-order valence-corrected chi connectivity index (χ0v) is 16.3. The maximum atomic E-state index is 12.6. The van der Waals surface area contributed by atoms with E-state index in [1.165, 1.54) is 12.7 Å². The van der Waals surface area contributed by atoms with Crippen molar-refractivity contribution in [3.63, 3.8) is 0 Å². The van der Waals surface area contributed by atoms with E-state index >= 15 is 0 Å². The normalized spacial score (nSPS) is 11.1. The summed E-state index contributed by atoms with van der Waals surface area (Å²) in [6, 6.07) is 9.20. The minimum Gasteiger partial charge on any atom is -0.350 e. The lowest BCUT2D eigenvalue weighted by molar-refractivity contribution is 0.0952. The first kappa shape index (κ1) is 18.4. The molecule has 1 amide bonds. The number of carbonyl (C=O) groups excluding carboxylic acids is 1. The standard InChI is InChI=1S/C18H15Cl2N7O/c1-11-2-3-16-15(6-11)24-25-27(16)5-4-21-18(28)17-13(19)7-12(8-14(17)20)26-9-22-23-10-26/h2-3,6-10H,4-5H2,1H3,(H,21,28). The van der Waals surface area contributed by atoms with Crippen molar-refractivity contribution in [2.75, 3.05) is 6.54 Å². The molecule has 28 heavy (non-hydrogen) atoms. The maximum Gasteiger partial charge on any atom is 0.254 e. The largest absolute Gasteiger partial charge is 0.350 e. The second kappa shape index (κ2) is 7.57. The fourth-order valence-electron chi connectivity index (χ4n) is 2.87. The minimum atomic E-state index is -0.356. The average Bonchev–Trinajstić information content (AvgIpc) is 3.31. The van der Waals surface area contributed by atoms with Gasteiger partial charge in [0.05, 0.1) is 33.4 Å². The van der Waals surface area contributed by atoms with Gasteiger partial charge < -0.3 is 5.32 Å². The summed E-state index contributed by atoms with van der Waals surface area (Å²) in [5.41, 5.74) is 3.74. The van der Waals surface area contributed by atoms with E-state index in [-0.39, 0.29) is 21.5 Å². The lowest BCUT2D eigenvalue weighted by atomic mass is 10.2. The molecular formula is C18H15Cl2N7O. The van der Waals surface area contributed by atoms with Crippen LogP contribution in [-0.2, 0) is 6.54 Å². The van der Waals surface area contributed by atoms with Crippen LogP contribution in [0.15, 0.2) is 43.0 Å². The number of benzene rings is 2. The monoisotopic (exact) mass is 415 g/mol. The number of aromatic nitrogens is 6. The van der Waals surface area contributed by atoms with Crippen LogP contribution in [0.2, 0.25) is 10.0 Å². The smallest absolute Gasteiger partial charge is 0.254 e. The van der Waals surface area contributed by atoms with Crippen molar-refractivity contribution in [1.82, 2.24) is 35.1 Å². The van der Waals surface area contributed by atoms with E-state index < -0.39 is 0 Å². The molecule has 0 unspecified atom stereocenters. The van der Waals surface area contributed by atoms with E-state index in [2.05, 4.69) is 25.8 Å². The summed E-state index contributed by atoms with van der Waals surface area (Å²) in [5.74, 6) is -0.356. The fraction of sp³-hybridized carbons (Fsp3) is 0.167. The van der Waals surface area contributed by atoms with Gasteiger partial charge in [0.2, 0.25) is 0 Å². The highest BCUT2D eigenvalue weighted by Gasteiger charge is 2.17. The topological polar surface area (TPSA) is 90.5 Å². The molecule has 2 heterocycles. The Morgan fingerprint density at radius 3 is 2.54 bits per heavy atom. The van der Waals surface area contributed by atoms with Crippen LogP contribution in [-0.4, -0.2) is 42.2 Å². The number of fused-ring (bicyclic) bond motifs is 1. The average molecular weight is 416 g/mol. The fourth-order valence-corrected chi connectivity index (χ4v) is 3.52. The van der Waals surface area contributed by atoms with Gasteiger partial charge in [-0.15, -0.1) is 15.3 Å². The lowest BCUT2D eigenvalue weighted by Crippen LogP contribution is -2.28. The van der Waals surface area contributed by atoms with E-state index in [4.69, 9.17) is 23.2 Å². The molecular weight excluding hydrogens is 401 g/mol. The first-order valence-electron chi connectivity index (χ1n) is 8.45. The number of aryl methyl sites for hydroxylation is 1. The van der Waals surface area contributed by atoms with E-state index in [0.29, 0.717) is 18.8 Å². The first-order chi connectivity index (χ1) is 13.5. The van der Waals surface area contributed by atoms with E-state index in [1.54, 1.807) is 21.4 Å². The Labute approximate surface area is 170 Å². The molecule has 1 N–H and O–H groups in total. The molecule has 0 aliphatic heterocycles. The van der Waals surface area contributed by atoms with Gasteiger partial charge in [-0.1, -0.05) is 34.5 Å². The van der Waals surface area contributed by atoms with Crippen LogP contribution in [0.5, 0.6) is 0 Å². The van der Waals surface area contributed by atoms with Gasteiger partial charge in [0.1, 0.15) is 18.2 Å². The van der Waals surface area contributed by atoms with Gasteiger partial charge in [0, 0.05) is 6.54 Å². The number of hydrogen-bond acceptors (Lipinski definition) is 5. The maximum absolute atomic E-state index is 12.6. The van der Waals surface area contributed by atoms with Crippen molar-refractivity contribution < 1.29 is 4.79 Å². The van der Waals surface area contributed by atoms with Crippen molar-refractivity contribution in [1.29, 1.82) is 0 Å². The Morgan fingerprint density at radius 2 is 1.82 bits per heavy atom. The van der Waals surface area contributed by atoms with Crippen LogP contribution in [0.3, 0.4) is 0 Å². The Morgan fingerprint density at radius 1 is 1.11 bits per heavy atom. The van der Waals surface area contributed by atoms with E-state index in [9.17, 15) is 4.79 Å². The van der Waals surface area contributed by atoms with Gasteiger partial charge in [-0.3, -0.25) is 9.36 Å². The van der Waals surface area contributed by atoms with Crippen molar-refractivity contribution in [3.05, 3.63) is 64.2 Å². The number of amides is 1. The summed E-state index contributed by atoms with van der Waals surface area (Å²) in [7, 11) is 0. The Balaban J connectivity index is 1.46. The molecule has 0 aliphatic carbocycles. The predicted octanol–water partition coefficient (Wildman–Crippen LogP) is 3.06. The summed E-state index contributed by atoms with van der Waals surface area (Å²) in [5, 5.41) is 19.1. The number of rotatable bonds is 5. The first-order valence-corrected chi connectivity index (χ1v) is 9.20. The highest BCUT2D eigenvalue weighted by Crippen LogP contribution is 2.28. The molecule has 0 atom stereocenters. The molecule has 142 valence electrons. The number of nitrogens with one attached hydrogen (secondary N) is 1. The van der Waals surface area contributed by atoms with Crippen LogP contribution < -0.4 is 5.32 Å². The summed E-state index contributed by atoms with van der Waals surface area (Å²) >= 11 is 12.6. The molecule has 0 bridgehead atoms. The molecule has 0 saturated heterocycles. The van der Waals surface area contributed by atoms with Gasteiger partial charge in [-0.05, 0) is 36.8 Å². The molecule has 0 fully saturated rings. The predicted molar refractivity (Wildman–Crippen MR) is 106 cm³/mol. The van der Waals surface area contributed by atoms with Crippen molar-refractivity contribution in [3.8, 4) is 5.69 Å². The van der Waals surface area contributed by atoms with Gasteiger partial charge in [-0.25, -0.2) is 4.68 Å². The van der Waals surface area contributed by atoms with Crippen LogP contribution in [0, 0.1) is 6.92 Å². The van der Waals surface area contributed by atoms with Gasteiger partial charge in [0.25, 0.3) is 5.91 Å². The highest BCUT2D eigenvalue weighted by molar-refractivity contribution is 6.40. The molecule has 0 saturated carbocycles. The molecule has 2 aromatic carbocycles. The second-order valence-electron chi connectivity index (χ2n) is 6.21. The second-order valence-corrected chi connectivity index (χ2v) is 7.03. The van der Waals surface area contributed by atoms with Gasteiger partial charge >= 0.3 is 0 Å². The Hall–Kier alpha value is -2.97. The van der Waals surface area contributed by atoms with Crippen molar-refractivity contribution >= 4 is 40.1 Å². The molecule has 8 nitrogen and oxygen atoms in total. The van der Waals surface area contributed by atoms with Crippen LogP contribution in [0.25, 0.3) is 16.7 Å². The number of carbonyl (C=O) groups is 1. The summed E-state index contributed by atoms with van der Waals surface area (Å²) < 4.78 is 3.39. The third-order valence-corrected chi connectivity index (χ3v) is 4.85. The SMILES string of the molecule is Cc1ccc2c(c1)nnn2CCNC(=O)c1c(Cl)cc(-n2cnnc2)cc1Cl. The summed E-state index contributed by atoms with van der Waals surface area (Å²) in [4.78, 5) is 12.6. The number of halogens is 2. The molecule has 10 heteroatoms. The third kappa shape index (κ3) is 3.56. The van der Waals surface area contributed by atoms with Crippen molar-refractivity contribution in [2.24, 2.45) is 0 Å². The summed E-state index contributed by atoms with van der Waals surface area (Å²) in [6.07, 6.45) is 3.04. The minimum absolute atomic E-state index is 0.222.